The summed E-state index contributed by atoms with van der Waals surface area (Å²) >= 11 is 0. The van der Waals surface area contributed by atoms with Crippen molar-refractivity contribution < 1.29 is 38.4 Å². The van der Waals surface area contributed by atoms with Crippen LogP contribution in [0.25, 0.3) is 11.0 Å². The summed E-state index contributed by atoms with van der Waals surface area (Å²) in [7, 11) is 1.34. The molecular weight excluding hydrogens is 594 g/mol. The van der Waals surface area contributed by atoms with Crippen molar-refractivity contribution in [1.29, 1.82) is 0 Å². The van der Waals surface area contributed by atoms with Gasteiger partial charge in [0, 0.05) is 44.2 Å². The number of benzene rings is 2. The van der Waals surface area contributed by atoms with Crippen molar-refractivity contribution in [2.45, 2.75) is 44.4 Å². The standard InChI is InChI=1S/C34H43N3O9/c1-3-45-33-26(14-18-43-20-21-44-19-17-38)27(23-8-10-24(11-9-23)32(40)42-2)22-30(46-33)31(39)36-15-12-25(13-16-36)37-29-7-5-4-6-28(29)35-34(37)41/h4-11,22,25-27,33,38H,3,12-21H2,1-2H3,(H,35,41). The van der Waals surface area contributed by atoms with E-state index in [4.69, 9.17) is 28.8 Å². The molecule has 3 atom stereocenters. The third-order valence-corrected chi connectivity index (χ3v) is 8.59. The number of esters is 1. The fourth-order valence-corrected chi connectivity index (χ4v) is 6.30. The molecule has 1 fully saturated rings. The number of rotatable bonds is 14. The van der Waals surface area contributed by atoms with E-state index < -0.39 is 12.3 Å². The van der Waals surface area contributed by atoms with Gasteiger partial charge in [-0.05, 0) is 62.1 Å². The summed E-state index contributed by atoms with van der Waals surface area (Å²) in [5, 5.41) is 8.89. The molecule has 1 saturated heterocycles. The number of imidazole rings is 1. The molecule has 3 unspecified atom stereocenters. The molecule has 2 aliphatic rings. The Labute approximate surface area is 267 Å². The SMILES string of the molecule is CCOC1OC(C(=O)N2CCC(n3c(=O)[nH]c4ccccc43)CC2)=CC(c2ccc(C(=O)OC)cc2)C1CCOCCOCCO. The zero-order valence-corrected chi connectivity index (χ0v) is 26.4. The molecule has 12 nitrogen and oxygen atoms in total. The molecule has 3 heterocycles. The van der Waals surface area contributed by atoms with Gasteiger partial charge in [0.2, 0.25) is 6.29 Å². The zero-order valence-electron chi connectivity index (χ0n) is 26.4. The van der Waals surface area contributed by atoms with Crippen molar-refractivity contribution in [2.24, 2.45) is 5.92 Å². The summed E-state index contributed by atoms with van der Waals surface area (Å²) in [5.74, 6) is -0.867. The van der Waals surface area contributed by atoms with Crippen molar-refractivity contribution >= 4 is 22.9 Å². The van der Waals surface area contributed by atoms with Gasteiger partial charge in [-0.2, -0.15) is 0 Å². The van der Waals surface area contributed by atoms with Crippen LogP contribution >= 0.6 is 0 Å². The molecular formula is C34H43N3O9. The molecule has 5 rings (SSSR count). The molecule has 248 valence electrons. The number of aromatic nitrogens is 2. The largest absolute Gasteiger partial charge is 0.465 e. The molecule has 2 aromatic carbocycles. The number of nitrogens with zero attached hydrogens (tertiary/aromatic N) is 2. The smallest absolute Gasteiger partial charge is 0.337 e. The number of nitrogens with one attached hydrogen (secondary N) is 1. The van der Waals surface area contributed by atoms with Crippen molar-refractivity contribution in [3.05, 3.63) is 82.0 Å². The van der Waals surface area contributed by atoms with Gasteiger partial charge >= 0.3 is 11.7 Å². The Hall–Kier alpha value is -3.97. The highest BCUT2D eigenvalue weighted by Gasteiger charge is 2.39. The molecule has 0 saturated carbocycles. The maximum atomic E-state index is 13.9. The number of fused-ring (bicyclic) bond motifs is 1. The number of aromatic amines is 1. The molecule has 12 heteroatoms. The van der Waals surface area contributed by atoms with Crippen molar-refractivity contribution in [2.75, 3.05) is 59.8 Å². The Kier molecular flexibility index (Phi) is 11.6. The Bertz CT molecular complexity index is 1540. The van der Waals surface area contributed by atoms with E-state index in [9.17, 15) is 14.4 Å². The molecule has 3 aromatic rings. The number of amides is 1. The molecule has 46 heavy (non-hydrogen) atoms. The lowest BCUT2D eigenvalue weighted by Crippen LogP contribution is -2.44. The highest BCUT2D eigenvalue weighted by Crippen LogP contribution is 2.40. The Morgan fingerprint density at radius 1 is 1.00 bits per heavy atom. The van der Waals surface area contributed by atoms with Crippen LogP contribution in [0.4, 0.5) is 0 Å². The van der Waals surface area contributed by atoms with Gasteiger partial charge in [-0.15, -0.1) is 0 Å². The van der Waals surface area contributed by atoms with E-state index in [1.54, 1.807) is 21.6 Å². The number of aliphatic hydroxyl groups excluding tert-OH is 1. The van der Waals surface area contributed by atoms with E-state index in [-0.39, 0.29) is 48.4 Å². The molecule has 2 aliphatic heterocycles. The van der Waals surface area contributed by atoms with Gasteiger partial charge in [-0.3, -0.25) is 9.36 Å². The van der Waals surface area contributed by atoms with Crippen LogP contribution in [0.1, 0.15) is 54.1 Å². The van der Waals surface area contributed by atoms with E-state index in [0.717, 1.165) is 16.6 Å². The minimum atomic E-state index is -0.698. The van der Waals surface area contributed by atoms with Gasteiger partial charge in [-0.25, -0.2) is 9.59 Å². The summed E-state index contributed by atoms with van der Waals surface area (Å²) in [4.78, 5) is 43.5. The van der Waals surface area contributed by atoms with Gasteiger partial charge in [0.05, 0.1) is 50.1 Å². The molecule has 0 aliphatic carbocycles. The number of aliphatic hydroxyl groups is 1. The minimum absolute atomic E-state index is 0.0235. The fourth-order valence-electron chi connectivity index (χ4n) is 6.30. The van der Waals surface area contributed by atoms with Crippen LogP contribution in [0.3, 0.4) is 0 Å². The van der Waals surface area contributed by atoms with E-state index in [2.05, 4.69) is 4.98 Å². The van der Waals surface area contributed by atoms with E-state index in [0.29, 0.717) is 64.3 Å². The first-order chi connectivity index (χ1) is 22.4. The van der Waals surface area contributed by atoms with Crippen LogP contribution in [-0.4, -0.2) is 97.6 Å². The summed E-state index contributed by atoms with van der Waals surface area (Å²) in [6.45, 7) is 4.61. The average Bonchev–Trinajstić information content (AvgIpc) is 3.43. The van der Waals surface area contributed by atoms with Gasteiger partial charge in [-0.1, -0.05) is 24.3 Å². The highest BCUT2D eigenvalue weighted by molar-refractivity contribution is 5.92. The van der Waals surface area contributed by atoms with Gasteiger partial charge < -0.3 is 38.7 Å². The van der Waals surface area contributed by atoms with E-state index >= 15 is 0 Å². The van der Waals surface area contributed by atoms with E-state index in [1.165, 1.54) is 7.11 Å². The number of carbonyl (C=O) groups is 2. The molecule has 0 radical (unpaired) electrons. The Morgan fingerprint density at radius 2 is 1.72 bits per heavy atom. The summed E-state index contributed by atoms with van der Waals surface area (Å²) in [5.41, 5.74) is 2.86. The minimum Gasteiger partial charge on any atom is -0.465 e. The van der Waals surface area contributed by atoms with E-state index in [1.807, 2.05) is 49.4 Å². The number of piperidine rings is 1. The quantitative estimate of drug-likeness (QED) is 0.201. The van der Waals surface area contributed by atoms with Crippen LogP contribution in [0.15, 0.2) is 65.2 Å². The number of carbonyl (C=O) groups excluding carboxylic acids is 2. The Morgan fingerprint density at radius 3 is 2.41 bits per heavy atom. The second-order valence-corrected chi connectivity index (χ2v) is 11.4. The predicted molar refractivity (Wildman–Crippen MR) is 169 cm³/mol. The highest BCUT2D eigenvalue weighted by atomic mass is 16.7. The van der Waals surface area contributed by atoms with Crippen LogP contribution < -0.4 is 5.69 Å². The predicted octanol–water partition coefficient (Wildman–Crippen LogP) is 3.37. The number of hydrogen-bond donors (Lipinski definition) is 2. The lowest BCUT2D eigenvalue weighted by Gasteiger charge is -2.39. The topological polar surface area (TPSA) is 142 Å². The number of methoxy groups -OCH3 is 1. The molecule has 1 amide bonds. The monoisotopic (exact) mass is 637 g/mol. The number of hydrogen-bond acceptors (Lipinski definition) is 9. The number of likely N-dealkylation sites (tertiary alicyclic amines) is 1. The summed E-state index contributed by atoms with van der Waals surface area (Å²) < 4.78 is 30.1. The average molecular weight is 638 g/mol. The zero-order chi connectivity index (χ0) is 32.5. The maximum absolute atomic E-state index is 13.9. The molecule has 0 spiro atoms. The van der Waals surface area contributed by atoms with Crippen LogP contribution in [0.2, 0.25) is 0 Å². The van der Waals surface area contributed by atoms with Crippen LogP contribution in [-0.2, 0) is 28.5 Å². The first kappa shape index (κ1) is 33.4. The lowest BCUT2D eigenvalue weighted by atomic mass is 9.81. The Balaban J connectivity index is 1.33. The van der Waals surface area contributed by atoms with Gasteiger partial charge in [0.25, 0.3) is 5.91 Å². The number of allylic oxidation sites excluding steroid dienone is 1. The number of H-pyrrole nitrogens is 1. The van der Waals surface area contributed by atoms with Crippen LogP contribution in [0, 0.1) is 5.92 Å². The van der Waals surface area contributed by atoms with Crippen molar-refractivity contribution in [1.82, 2.24) is 14.5 Å². The second kappa shape index (κ2) is 16.0. The molecule has 0 bridgehead atoms. The third kappa shape index (κ3) is 7.69. The number of para-hydroxylation sites is 2. The molecule has 2 N–H and O–H groups in total. The lowest BCUT2D eigenvalue weighted by molar-refractivity contribution is -0.172. The number of ether oxygens (including phenoxy) is 5. The van der Waals surface area contributed by atoms with Crippen molar-refractivity contribution in [3.8, 4) is 0 Å². The summed E-state index contributed by atoms with van der Waals surface area (Å²) in [6, 6.07) is 14.8. The normalized spacial score (nSPS) is 20.4. The summed E-state index contributed by atoms with van der Waals surface area (Å²) in [6.07, 6.45) is 3.01. The third-order valence-electron chi connectivity index (χ3n) is 8.59. The molecule has 1 aromatic heterocycles. The van der Waals surface area contributed by atoms with Gasteiger partial charge in [0.15, 0.2) is 5.76 Å². The van der Waals surface area contributed by atoms with Gasteiger partial charge in [0.1, 0.15) is 0 Å². The van der Waals surface area contributed by atoms with Crippen molar-refractivity contribution in [3.63, 3.8) is 0 Å². The fraction of sp³-hybridized carbons (Fsp3) is 0.500. The first-order valence-corrected chi connectivity index (χ1v) is 15.9. The second-order valence-electron chi connectivity index (χ2n) is 11.4. The van der Waals surface area contributed by atoms with Crippen LogP contribution in [0.5, 0.6) is 0 Å². The maximum Gasteiger partial charge on any atom is 0.337 e. The first-order valence-electron chi connectivity index (χ1n) is 15.9.